The SMILES string of the molecule is CCc1ccc(CNC(=O)[C@@H]2CCN(c3ccccc3)C2=O)cc1. The number of rotatable bonds is 5. The van der Waals surface area contributed by atoms with Crippen molar-refractivity contribution in [2.75, 3.05) is 11.4 Å². The molecule has 0 unspecified atom stereocenters. The maximum Gasteiger partial charge on any atom is 0.239 e. The van der Waals surface area contributed by atoms with Crippen LogP contribution < -0.4 is 10.2 Å². The van der Waals surface area contributed by atoms with E-state index in [9.17, 15) is 9.59 Å². The first kappa shape index (κ1) is 16.2. The molecule has 0 aliphatic carbocycles. The maximum absolute atomic E-state index is 12.5. The highest BCUT2D eigenvalue weighted by molar-refractivity contribution is 6.09. The number of amides is 2. The van der Waals surface area contributed by atoms with Crippen LogP contribution in [0.2, 0.25) is 0 Å². The van der Waals surface area contributed by atoms with E-state index in [-0.39, 0.29) is 11.8 Å². The van der Waals surface area contributed by atoms with Gasteiger partial charge >= 0.3 is 0 Å². The Morgan fingerprint density at radius 1 is 1.08 bits per heavy atom. The summed E-state index contributed by atoms with van der Waals surface area (Å²) in [6.07, 6.45) is 1.56. The highest BCUT2D eigenvalue weighted by Gasteiger charge is 2.37. The van der Waals surface area contributed by atoms with Crippen LogP contribution in [0.5, 0.6) is 0 Å². The van der Waals surface area contributed by atoms with Crippen molar-refractivity contribution in [2.45, 2.75) is 26.3 Å². The van der Waals surface area contributed by atoms with Crippen molar-refractivity contribution in [3.8, 4) is 0 Å². The minimum atomic E-state index is -0.583. The van der Waals surface area contributed by atoms with Crippen molar-refractivity contribution in [3.63, 3.8) is 0 Å². The van der Waals surface area contributed by atoms with Gasteiger partial charge in [0.2, 0.25) is 11.8 Å². The van der Waals surface area contributed by atoms with Crippen molar-refractivity contribution in [3.05, 3.63) is 65.7 Å². The van der Waals surface area contributed by atoms with Crippen LogP contribution in [0.25, 0.3) is 0 Å². The van der Waals surface area contributed by atoms with Gasteiger partial charge in [-0.2, -0.15) is 0 Å². The van der Waals surface area contributed by atoms with Gasteiger partial charge in [0.1, 0.15) is 5.92 Å². The van der Waals surface area contributed by atoms with Gasteiger partial charge in [-0.1, -0.05) is 49.4 Å². The van der Waals surface area contributed by atoms with Crippen LogP contribution in [0.3, 0.4) is 0 Å². The number of hydrogen-bond acceptors (Lipinski definition) is 2. The fraction of sp³-hybridized carbons (Fsp3) is 0.300. The predicted octanol–water partition coefficient (Wildman–Crippen LogP) is 2.92. The Hall–Kier alpha value is -2.62. The normalized spacial score (nSPS) is 17.1. The Labute approximate surface area is 142 Å². The smallest absolute Gasteiger partial charge is 0.239 e. The Morgan fingerprint density at radius 3 is 2.42 bits per heavy atom. The van der Waals surface area contributed by atoms with Crippen molar-refractivity contribution in [2.24, 2.45) is 5.92 Å². The van der Waals surface area contributed by atoms with Crippen molar-refractivity contribution in [1.82, 2.24) is 5.32 Å². The van der Waals surface area contributed by atoms with Gasteiger partial charge in [0.25, 0.3) is 0 Å². The molecule has 124 valence electrons. The van der Waals surface area contributed by atoms with Crippen LogP contribution in [0, 0.1) is 5.92 Å². The lowest BCUT2D eigenvalue weighted by molar-refractivity contribution is -0.132. The van der Waals surface area contributed by atoms with E-state index in [4.69, 9.17) is 0 Å². The molecular formula is C20H22N2O2. The summed E-state index contributed by atoms with van der Waals surface area (Å²) in [6.45, 7) is 3.16. The molecular weight excluding hydrogens is 300 g/mol. The fourth-order valence-electron chi connectivity index (χ4n) is 2.99. The maximum atomic E-state index is 12.5. The molecule has 0 radical (unpaired) electrons. The average molecular weight is 322 g/mol. The lowest BCUT2D eigenvalue weighted by Gasteiger charge is -2.16. The third-order valence-corrected chi connectivity index (χ3v) is 4.49. The summed E-state index contributed by atoms with van der Waals surface area (Å²) in [5, 5.41) is 2.89. The molecule has 1 saturated heterocycles. The molecule has 3 rings (SSSR count). The van der Waals surface area contributed by atoms with Gasteiger partial charge in [0, 0.05) is 18.8 Å². The van der Waals surface area contributed by atoms with E-state index in [1.165, 1.54) is 5.56 Å². The number of carbonyl (C=O) groups excluding carboxylic acids is 2. The zero-order chi connectivity index (χ0) is 16.9. The summed E-state index contributed by atoms with van der Waals surface area (Å²) < 4.78 is 0. The molecule has 1 aliphatic rings. The zero-order valence-corrected chi connectivity index (χ0v) is 13.9. The van der Waals surface area contributed by atoms with Gasteiger partial charge in [-0.05, 0) is 36.1 Å². The summed E-state index contributed by atoms with van der Waals surface area (Å²) in [6, 6.07) is 17.7. The lowest BCUT2D eigenvalue weighted by atomic mass is 10.1. The molecule has 1 atom stereocenters. The second kappa shape index (κ2) is 7.30. The lowest BCUT2D eigenvalue weighted by Crippen LogP contribution is -2.36. The number of anilines is 1. The summed E-state index contributed by atoms with van der Waals surface area (Å²) in [7, 11) is 0. The van der Waals surface area contributed by atoms with Crippen LogP contribution in [0.4, 0.5) is 5.69 Å². The number of nitrogens with one attached hydrogen (secondary N) is 1. The quantitative estimate of drug-likeness (QED) is 0.861. The Bertz CT molecular complexity index is 710. The van der Waals surface area contributed by atoms with E-state index in [0.717, 1.165) is 17.7 Å². The van der Waals surface area contributed by atoms with E-state index in [1.807, 2.05) is 42.5 Å². The largest absolute Gasteiger partial charge is 0.351 e. The number of benzene rings is 2. The summed E-state index contributed by atoms with van der Waals surface area (Å²) >= 11 is 0. The minimum absolute atomic E-state index is 0.111. The van der Waals surface area contributed by atoms with Gasteiger partial charge in [-0.15, -0.1) is 0 Å². The first-order chi connectivity index (χ1) is 11.7. The van der Waals surface area contributed by atoms with E-state index < -0.39 is 5.92 Å². The molecule has 2 amide bonds. The molecule has 1 heterocycles. The highest BCUT2D eigenvalue weighted by atomic mass is 16.2. The molecule has 1 N–H and O–H groups in total. The number of aryl methyl sites for hydroxylation is 1. The number of carbonyl (C=O) groups is 2. The van der Waals surface area contributed by atoms with Gasteiger partial charge in [0.15, 0.2) is 0 Å². The zero-order valence-electron chi connectivity index (χ0n) is 13.9. The van der Waals surface area contributed by atoms with Gasteiger partial charge in [-0.25, -0.2) is 0 Å². The van der Waals surface area contributed by atoms with Crippen LogP contribution in [-0.2, 0) is 22.6 Å². The van der Waals surface area contributed by atoms with Gasteiger partial charge in [0.05, 0.1) is 0 Å². The van der Waals surface area contributed by atoms with E-state index in [0.29, 0.717) is 19.5 Å². The molecule has 0 bridgehead atoms. The van der Waals surface area contributed by atoms with Crippen molar-refractivity contribution >= 4 is 17.5 Å². The van der Waals surface area contributed by atoms with E-state index in [1.54, 1.807) is 4.90 Å². The molecule has 4 nitrogen and oxygen atoms in total. The summed E-state index contributed by atoms with van der Waals surface area (Å²) in [5.41, 5.74) is 3.17. The van der Waals surface area contributed by atoms with Crippen molar-refractivity contribution < 1.29 is 9.59 Å². The first-order valence-electron chi connectivity index (χ1n) is 8.41. The second-order valence-electron chi connectivity index (χ2n) is 6.05. The molecule has 2 aromatic carbocycles. The van der Waals surface area contributed by atoms with Crippen molar-refractivity contribution in [1.29, 1.82) is 0 Å². The van der Waals surface area contributed by atoms with Crippen LogP contribution in [0.1, 0.15) is 24.5 Å². The highest BCUT2D eigenvalue weighted by Crippen LogP contribution is 2.25. The molecule has 0 saturated carbocycles. The summed E-state index contributed by atoms with van der Waals surface area (Å²) in [4.78, 5) is 26.6. The van der Waals surface area contributed by atoms with Crippen LogP contribution in [-0.4, -0.2) is 18.4 Å². The summed E-state index contributed by atoms with van der Waals surface area (Å²) in [5.74, 6) is -0.877. The predicted molar refractivity (Wildman–Crippen MR) is 94.6 cm³/mol. The second-order valence-corrected chi connectivity index (χ2v) is 6.05. The fourth-order valence-corrected chi connectivity index (χ4v) is 2.99. The average Bonchev–Trinajstić information content (AvgIpc) is 3.02. The van der Waals surface area contributed by atoms with E-state index in [2.05, 4.69) is 24.4 Å². The van der Waals surface area contributed by atoms with Crippen LogP contribution >= 0.6 is 0 Å². The molecule has 24 heavy (non-hydrogen) atoms. The third-order valence-electron chi connectivity index (χ3n) is 4.49. The molecule has 0 aromatic heterocycles. The van der Waals surface area contributed by atoms with E-state index >= 15 is 0 Å². The molecule has 0 spiro atoms. The number of hydrogen-bond donors (Lipinski definition) is 1. The first-order valence-corrected chi connectivity index (χ1v) is 8.41. The molecule has 4 heteroatoms. The molecule has 2 aromatic rings. The molecule has 1 aliphatic heterocycles. The minimum Gasteiger partial charge on any atom is -0.351 e. The number of para-hydroxylation sites is 1. The van der Waals surface area contributed by atoms with Gasteiger partial charge < -0.3 is 10.2 Å². The Balaban J connectivity index is 1.58. The monoisotopic (exact) mass is 322 g/mol. The topological polar surface area (TPSA) is 49.4 Å². The third kappa shape index (κ3) is 3.48. The molecule has 1 fully saturated rings. The Kier molecular flexibility index (Phi) is 4.94. The van der Waals surface area contributed by atoms with Gasteiger partial charge in [-0.3, -0.25) is 9.59 Å². The standard InChI is InChI=1S/C20H22N2O2/c1-2-15-8-10-16(11-9-15)14-21-19(23)18-12-13-22(20(18)24)17-6-4-3-5-7-17/h3-11,18H,2,12-14H2,1H3,(H,21,23)/t18-/m0/s1. The number of nitrogens with zero attached hydrogens (tertiary/aromatic N) is 1. The Morgan fingerprint density at radius 2 is 1.75 bits per heavy atom. The van der Waals surface area contributed by atoms with Crippen LogP contribution in [0.15, 0.2) is 54.6 Å².